The lowest BCUT2D eigenvalue weighted by Crippen LogP contribution is -2.45. The first-order valence-corrected chi connectivity index (χ1v) is 8.76. The molecule has 2 aliphatic heterocycles. The average Bonchev–Trinajstić information content (AvgIpc) is 3.12. The van der Waals surface area contributed by atoms with E-state index in [0.29, 0.717) is 17.5 Å². The third-order valence-corrected chi connectivity index (χ3v) is 5.31. The van der Waals surface area contributed by atoms with Gasteiger partial charge >= 0.3 is 11.8 Å². The molecule has 4 rings (SSSR count). The summed E-state index contributed by atoms with van der Waals surface area (Å²) >= 11 is 0. The minimum absolute atomic E-state index is 0.0168. The predicted molar refractivity (Wildman–Crippen MR) is 92.4 cm³/mol. The molecule has 3 aliphatic rings. The van der Waals surface area contributed by atoms with Crippen molar-refractivity contribution in [3.05, 3.63) is 58.2 Å². The number of nitrogens with zero attached hydrogens (tertiary/aromatic N) is 1. The Morgan fingerprint density at radius 2 is 2.07 bits per heavy atom. The molecule has 1 aromatic carbocycles. The largest absolute Gasteiger partial charge is 0.462 e. The van der Waals surface area contributed by atoms with E-state index >= 15 is 0 Å². The van der Waals surface area contributed by atoms with Crippen LogP contribution in [0.4, 0.5) is 0 Å². The SMILES string of the molecule is CCCCOC(=O)C1=C(C)O[C@]23OC(N)=C(C#N)[C@@]12C(=O)c1ccccc13. The summed E-state index contributed by atoms with van der Waals surface area (Å²) in [6.45, 7) is 3.74. The van der Waals surface area contributed by atoms with Crippen LogP contribution in [0.25, 0.3) is 0 Å². The molecule has 0 unspecified atom stereocenters. The lowest BCUT2D eigenvalue weighted by molar-refractivity contribution is -0.199. The number of carbonyl (C=O) groups excluding carboxylic acids is 2. The van der Waals surface area contributed by atoms with Gasteiger partial charge in [0.05, 0.1) is 6.61 Å². The third-order valence-electron chi connectivity index (χ3n) is 5.31. The molecule has 138 valence electrons. The van der Waals surface area contributed by atoms with Crippen molar-refractivity contribution in [1.82, 2.24) is 0 Å². The Hall–Kier alpha value is -3.27. The third kappa shape index (κ3) is 1.80. The summed E-state index contributed by atoms with van der Waals surface area (Å²) in [7, 11) is 0. The van der Waals surface area contributed by atoms with Crippen molar-refractivity contribution >= 4 is 11.8 Å². The van der Waals surface area contributed by atoms with Crippen LogP contribution in [0.15, 0.2) is 47.1 Å². The molecule has 7 heteroatoms. The Morgan fingerprint density at radius 1 is 1.33 bits per heavy atom. The summed E-state index contributed by atoms with van der Waals surface area (Å²) in [5.41, 5.74) is 4.80. The second kappa shape index (κ2) is 5.61. The smallest absolute Gasteiger partial charge is 0.339 e. The Kier molecular flexibility index (Phi) is 3.57. The number of Topliss-reactive ketones (excluding diaryl/α,β-unsaturated/α-hetero) is 1. The first-order chi connectivity index (χ1) is 13.0. The number of ketones is 1. The maximum Gasteiger partial charge on any atom is 0.339 e. The highest BCUT2D eigenvalue weighted by molar-refractivity contribution is 6.16. The van der Waals surface area contributed by atoms with Gasteiger partial charge in [0.25, 0.3) is 0 Å². The van der Waals surface area contributed by atoms with Crippen molar-refractivity contribution < 1.29 is 23.8 Å². The van der Waals surface area contributed by atoms with Gasteiger partial charge in [-0.2, -0.15) is 5.26 Å². The van der Waals surface area contributed by atoms with Crippen LogP contribution in [0, 0.1) is 16.7 Å². The topological polar surface area (TPSA) is 112 Å². The summed E-state index contributed by atoms with van der Waals surface area (Å²) in [5.74, 6) is -2.85. The zero-order valence-electron chi connectivity index (χ0n) is 15.0. The molecule has 2 atom stereocenters. The molecule has 7 nitrogen and oxygen atoms in total. The lowest BCUT2D eigenvalue weighted by Gasteiger charge is -2.31. The summed E-state index contributed by atoms with van der Waals surface area (Å²) in [4.78, 5) is 26.5. The van der Waals surface area contributed by atoms with Gasteiger partial charge in [-0.3, -0.25) is 4.79 Å². The zero-order chi connectivity index (χ0) is 19.4. The first kappa shape index (κ1) is 17.2. The quantitative estimate of drug-likeness (QED) is 0.643. The number of benzene rings is 1. The van der Waals surface area contributed by atoms with E-state index < -0.39 is 23.0 Å². The Balaban J connectivity index is 1.94. The number of hydrogen-bond acceptors (Lipinski definition) is 7. The first-order valence-electron chi connectivity index (χ1n) is 8.76. The second-order valence-corrected chi connectivity index (χ2v) is 6.72. The molecule has 0 radical (unpaired) electrons. The molecule has 0 saturated carbocycles. The molecule has 0 amide bonds. The number of nitriles is 1. The van der Waals surface area contributed by atoms with Gasteiger partial charge in [0.2, 0.25) is 5.88 Å². The van der Waals surface area contributed by atoms with E-state index in [1.54, 1.807) is 31.2 Å². The monoisotopic (exact) mass is 366 g/mol. The van der Waals surface area contributed by atoms with E-state index in [4.69, 9.17) is 19.9 Å². The molecular weight excluding hydrogens is 348 g/mol. The van der Waals surface area contributed by atoms with Crippen LogP contribution in [-0.4, -0.2) is 18.4 Å². The maximum absolute atomic E-state index is 13.5. The van der Waals surface area contributed by atoms with Crippen LogP contribution in [0.3, 0.4) is 0 Å². The normalized spacial score (nSPS) is 27.5. The average molecular weight is 366 g/mol. The fraction of sp³-hybridized carbons (Fsp3) is 0.350. The Labute approximate surface area is 156 Å². The summed E-state index contributed by atoms with van der Waals surface area (Å²) in [6, 6.07) is 8.71. The van der Waals surface area contributed by atoms with Gasteiger partial charge in [-0.25, -0.2) is 4.79 Å². The maximum atomic E-state index is 13.5. The lowest BCUT2D eigenvalue weighted by atomic mass is 9.69. The van der Waals surface area contributed by atoms with Crippen LogP contribution < -0.4 is 5.73 Å². The Bertz CT molecular complexity index is 986. The number of carbonyl (C=O) groups is 2. The van der Waals surface area contributed by atoms with Gasteiger partial charge < -0.3 is 19.9 Å². The van der Waals surface area contributed by atoms with Crippen LogP contribution in [0.5, 0.6) is 0 Å². The molecule has 2 heterocycles. The van der Waals surface area contributed by atoms with Gasteiger partial charge in [-0.1, -0.05) is 37.6 Å². The van der Waals surface area contributed by atoms with Crippen molar-refractivity contribution in [1.29, 1.82) is 5.26 Å². The highest BCUT2D eigenvalue weighted by atomic mass is 16.7. The number of unbranched alkanes of at least 4 members (excludes halogenated alkanes) is 1. The van der Waals surface area contributed by atoms with E-state index in [1.807, 2.05) is 13.0 Å². The van der Waals surface area contributed by atoms with Crippen molar-refractivity contribution in [3.63, 3.8) is 0 Å². The van der Waals surface area contributed by atoms with E-state index in [2.05, 4.69) is 0 Å². The molecule has 27 heavy (non-hydrogen) atoms. The molecule has 0 bridgehead atoms. The predicted octanol–water partition coefficient (Wildman–Crippen LogP) is 2.39. The molecule has 0 aromatic heterocycles. The number of allylic oxidation sites excluding steroid dienone is 1. The fourth-order valence-electron chi connectivity index (χ4n) is 4.23. The zero-order valence-corrected chi connectivity index (χ0v) is 15.0. The van der Waals surface area contributed by atoms with Crippen molar-refractivity contribution in [2.24, 2.45) is 11.1 Å². The standard InChI is InChI=1S/C20H18N2O5/c1-3-4-9-25-18(24)15-11(2)26-20-13-8-6-5-7-12(13)16(23)19(15,20)14(10-21)17(22)27-20/h5-8H,3-4,9,22H2,1-2H3/t19-,20+/m0/s1. The number of ether oxygens (including phenoxy) is 3. The van der Waals surface area contributed by atoms with E-state index in [9.17, 15) is 14.9 Å². The van der Waals surface area contributed by atoms with Gasteiger partial charge in [0.1, 0.15) is 23.0 Å². The minimum Gasteiger partial charge on any atom is -0.462 e. The molecule has 0 fully saturated rings. The highest BCUT2D eigenvalue weighted by Gasteiger charge is 2.80. The van der Waals surface area contributed by atoms with E-state index in [1.165, 1.54) is 0 Å². The van der Waals surface area contributed by atoms with Crippen molar-refractivity contribution in [3.8, 4) is 6.07 Å². The van der Waals surface area contributed by atoms with Gasteiger partial charge in [-0.05, 0) is 13.3 Å². The van der Waals surface area contributed by atoms with Gasteiger partial charge in [-0.15, -0.1) is 0 Å². The van der Waals surface area contributed by atoms with Crippen LogP contribution in [0.1, 0.15) is 42.6 Å². The fourth-order valence-corrected chi connectivity index (χ4v) is 4.23. The van der Waals surface area contributed by atoms with E-state index in [-0.39, 0.29) is 29.4 Å². The minimum atomic E-state index is -1.77. The van der Waals surface area contributed by atoms with E-state index in [0.717, 1.165) is 6.42 Å². The molecule has 1 aromatic rings. The summed E-state index contributed by atoms with van der Waals surface area (Å²) in [5, 5.41) is 9.77. The number of rotatable bonds is 4. The van der Waals surface area contributed by atoms with Crippen molar-refractivity contribution in [2.75, 3.05) is 6.61 Å². The summed E-state index contributed by atoms with van der Waals surface area (Å²) < 4.78 is 17.2. The number of hydrogen-bond donors (Lipinski definition) is 1. The van der Waals surface area contributed by atoms with Gasteiger partial charge in [0.15, 0.2) is 11.2 Å². The second-order valence-electron chi connectivity index (χ2n) is 6.72. The molecule has 1 aliphatic carbocycles. The summed E-state index contributed by atoms with van der Waals surface area (Å²) in [6.07, 6.45) is 1.53. The highest BCUT2D eigenvalue weighted by Crippen LogP contribution is 2.69. The van der Waals surface area contributed by atoms with Gasteiger partial charge in [0, 0.05) is 11.1 Å². The van der Waals surface area contributed by atoms with Crippen molar-refractivity contribution in [2.45, 2.75) is 32.5 Å². The number of fused-ring (bicyclic) bond motifs is 1. The molecular formula is C20H18N2O5. The number of esters is 1. The van der Waals surface area contributed by atoms with Crippen LogP contribution in [0.2, 0.25) is 0 Å². The van der Waals surface area contributed by atoms with Crippen LogP contribution >= 0.6 is 0 Å². The Morgan fingerprint density at radius 3 is 2.78 bits per heavy atom. The molecule has 0 saturated heterocycles. The number of nitrogens with two attached hydrogens (primary N) is 1. The molecule has 2 N–H and O–H groups in total. The van der Waals surface area contributed by atoms with Crippen LogP contribution in [-0.2, 0) is 24.8 Å². The molecule has 0 spiro atoms.